The Morgan fingerprint density at radius 3 is 2.59 bits per heavy atom. The highest BCUT2D eigenvalue weighted by Crippen LogP contribution is 2.30. The van der Waals surface area contributed by atoms with Gasteiger partial charge >= 0.3 is 0 Å². The molecule has 27 heavy (non-hydrogen) atoms. The summed E-state index contributed by atoms with van der Waals surface area (Å²) in [5.41, 5.74) is 8.32. The SMILES string of the molecule is CS(=O)(=NC#N)c1ccc(C(=O)Nc2cc(-c3cccs3)ccc2N)cc1. The number of nitrogens with zero attached hydrogens (tertiary/aromatic N) is 2. The molecule has 2 aromatic carbocycles. The van der Waals surface area contributed by atoms with Gasteiger partial charge in [0.25, 0.3) is 5.91 Å². The van der Waals surface area contributed by atoms with Crippen LogP contribution in [0.15, 0.2) is 69.2 Å². The van der Waals surface area contributed by atoms with E-state index in [1.54, 1.807) is 35.7 Å². The van der Waals surface area contributed by atoms with Gasteiger partial charge in [0.2, 0.25) is 6.19 Å². The van der Waals surface area contributed by atoms with Gasteiger partial charge in [-0.05, 0) is 53.4 Å². The lowest BCUT2D eigenvalue weighted by Crippen LogP contribution is -2.13. The lowest BCUT2D eigenvalue weighted by molar-refractivity contribution is 0.102. The maximum atomic E-state index is 12.5. The van der Waals surface area contributed by atoms with E-state index in [1.165, 1.54) is 18.4 Å². The largest absolute Gasteiger partial charge is 0.397 e. The first-order valence-electron chi connectivity index (χ1n) is 7.86. The summed E-state index contributed by atoms with van der Waals surface area (Å²) in [5.74, 6) is -0.337. The number of hydrogen-bond donors (Lipinski definition) is 2. The number of nitrogen functional groups attached to an aromatic ring is 1. The summed E-state index contributed by atoms with van der Waals surface area (Å²) in [6.45, 7) is 0. The summed E-state index contributed by atoms with van der Waals surface area (Å²) in [6, 6.07) is 15.6. The molecule has 6 nitrogen and oxygen atoms in total. The monoisotopic (exact) mass is 396 g/mol. The van der Waals surface area contributed by atoms with E-state index in [-0.39, 0.29) is 5.91 Å². The van der Waals surface area contributed by atoms with Crippen LogP contribution in [0.4, 0.5) is 11.4 Å². The first kappa shape index (κ1) is 18.6. The lowest BCUT2D eigenvalue weighted by atomic mass is 10.1. The van der Waals surface area contributed by atoms with E-state index >= 15 is 0 Å². The van der Waals surface area contributed by atoms with Crippen molar-refractivity contribution >= 4 is 38.3 Å². The standard InChI is InChI=1S/C19H16N4O2S2/c1-27(25,22-12-20)15-7-4-13(5-8-15)19(24)23-17-11-14(6-9-16(17)21)18-3-2-10-26-18/h2-11H,21H2,1H3,(H,23,24). The minimum Gasteiger partial charge on any atom is -0.397 e. The number of amides is 1. The highest BCUT2D eigenvalue weighted by atomic mass is 32.2. The van der Waals surface area contributed by atoms with Crippen molar-refractivity contribution in [3.05, 3.63) is 65.5 Å². The van der Waals surface area contributed by atoms with Crippen LogP contribution in [0.1, 0.15) is 10.4 Å². The van der Waals surface area contributed by atoms with E-state index < -0.39 is 9.73 Å². The molecule has 0 aliphatic heterocycles. The Bertz CT molecular complexity index is 1140. The summed E-state index contributed by atoms with van der Waals surface area (Å²) in [6.07, 6.45) is 2.93. The van der Waals surface area contributed by atoms with Gasteiger partial charge in [0, 0.05) is 21.6 Å². The highest BCUT2D eigenvalue weighted by molar-refractivity contribution is 7.93. The summed E-state index contributed by atoms with van der Waals surface area (Å²) in [4.78, 5) is 14.0. The zero-order valence-corrected chi connectivity index (χ0v) is 16.0. The van der Waals surface area contributed by atoms with Crippen LogP contribution in [0.5, 0.6) is 0 Å². The van der Waals surface area contributed by atoms with E-state index in [9.17, 15) is 9.00 Å². The molecule has 0 bridgehead atoms. The number of nitrogens with two attached hydrogens (primary N) is 1. The highest BCUT2D eigenvalue weighted by Gasteiger charge is 2.12. The van der Waals surface area contributed by atoms with Crippen molar-refractivity contribution in [3.8, 4) is 16.6 Å². The van der Waals surface area contributed by atoms with Gasteiger partial charge in [0.1, 0.15) is 0 Å². The van der Waals surface area contributed by atoms with Crippen LogP contribution >= 0.6 is 11.3 Å². The summed E-state index contributed by atoms with van der Waals surface area (Å²) in [5, 5.41) is 13.4. The molecule has 0 aliphatic carbocycles. The van der Waals surface area contributed by atoms with Gasteiger partial charge in [-0.15, -0.1) is 15.7 Å². The third kappa shape index (κ3) is 4.16. The average Bonchev–Trinajstić information content (AvgIpc) is 3.18. The van der Waals surface area contributed by atoms with Gasteiger partial charge < -0.3 is 11.1 Å². The number of benzene rings is 2. The molecule has 1 atom stereocenters. The maximum absolute atomic E-state index is 12.5. The van der Waals surface area contributed by atoms with E-state index in [4.69, 9.17) is 11.0 Å². The average molecular weight is 396 g/mol. The van der Waals surface area contributed by atoms with Crippen LogP contribution in [0.25, 0.3) is 10.4 Å². The van der Waals surface area contributed by atoms with Crippen LogP contribution in [0.2, 0.25) is 0 Å². The molecule has 0 fully saturated rings. The number of thiophene rings is 1. The van der Waals surface area contributed by atoms with Crippen LogP contribution in [0.3, 0.4) is 0 Å². The zero-order chi connectivity index (χ0) is 19.4. The number of anilines is 2. The molecule has 3 rings (SSSR count). The van der Waals surface area contributed by atoms with Crippen molar-refractivity contribution in [2.75, 3.05) is 17.3 Å². The van der Waals surface area contributed by atoms with Gasteiger partial charge in [0.05, 0.1) is 21.1 Å². The first-order valence-corrected chi connectivity index (χ1v) is 10.7. The number of nitriles is 1. The third-order valence-electron chi connectivity index (χ3n) is 3.88. The quantitative estimate of drug-likeness (QED) is 0.509. The van der Waals surface area contributed by atoms with Gasteiger partial charge in [-0.25, -0.2) is 4.21 Å². The Morgan fingerprint density at radius 1 is 1.22 bits per heavy atom. The molecule has 0 saturated heterocycles. The van der Waals surface area contributed by atoms with Gasteiger partial charge in [0.15, 0.2) is 0 Å². The molecule has 0 aliphatic rings. The number of hydrogen-bond acceptors (Lipinski definition) is 6. The van der Waals surface area contributed by atoms with Crippen molar-refractivity contribution in [1.82, 2.24) is 0 Å². The first-order chi connectivity index (χ1) is 12.9. The third-order valence-corrected chi connectivity index (χ3v) is 6.37. The Morgan fingerprint density at radius 2 is 1.96 bits per heavy atom. The van der Waals surface area contributed by atoms with E-state index in [2.05, 4.69) is 9.68 Å². The summed E-state index contributed by atoms with van der Waals surface area (Å²) in [7, 11) is -2.79. The fourth-order valence-electron chi connectivity index (χ4n) is 2.44. The molecule has 8 heteroatoms. The van der Waals surface area contributed by atoms with Crippen molar-refractivity contribution in [2.45, 2.75) is 4.90 Å². The lowest BCUT2D eigenvalue weighted by Gasteiger charge is -2.10. The predicted octanol–water partition coefficient (Wildman–Crippen LogP) is 4.19. The Hall–Kier alpha value is -3.15. The smallest absolute Gasteiger partial charge is 0.255 e. The van der Waals surface area contributed by atoms with Gasteiger partial charge in [-0.1, -0.05) is 12.1 Å². The molecular formula is C19H16N4O2S2. The van der Waals surface area contributed by atoms with Crippen molar-refractivity contribution in [1.29, 1.82) is 5.26 Å². The zero-order valence-electron chi connectivity index (χ0n) is 14.4. The van der Waals surface area contributed by atoms with Crippen LogP contribution in [-0.2, 0) is 9.73 Å². The number of carbonyl (C=O) groups is 1. The molecule has 1 amide bonds. The molecule has 0 spiro atoms. The fraction of sp³-hybridized carbons (Fsp3) is 0.0526. The van der Waals surface area contributed by atoms with E-state index in [0.717, 1.165) is 10.4 Å². The fourth-order valence-corrected chi connectivity index (χ4v) is 4.07. The number of rotatable bonds is 4. The Labute approximate surface area is 161 Å². The van der Waals surface area contributed by atoms with E-state index in [1.807, 2.05) is 29.6 Å². The maximum Gasteiger partial charge on any atom is 0.255 e. The number of carbonyl (C=O) groups excluding carboxylic acids is 1. The Balaban J connectivity index is 1.84. The van der Waals surface area contributed by atoms with Crippen molar-refractivity contribution in [2.24, 2.45) is 4.36 Å². The second kappa shape index (κ2) is 7.61. The Kier molecular flexibility index (Phi) is 5.26. The van der Waals surface area contributed by atoms with Crippen LogP contribution < -0.4 is 11.1 Å². The summed E-state index contributed by atoms with van der Waals surface area (Å²) >= 11 is 1.60. The molecule has 136 valence electrons. The van der Waals surface area contributed by atoms with Gasteiger partial charge in [-0.2, -0.15) is 5.26 Å². The minimum absolute atomic E-state index is 0.337. The van der Waals surface area contributed by atoms with Crippen molar-refractivity contribution in [3.63, 3.8) is 0 Å². The van der Waals surface area contributed by atoms with Crippen LogP contribution in [0, 0.1) is 11.5 Å². The van der Waals surface area contributed by atoms with Crippen LogP contribution in [-0.4, -0.2) is 16.4 Å². The molecule has 0 saturated carbocycles. The van der Waals surface area contributed by atoms with Crippen molar-refractivity contribution < 1.29 is 9.00 Å². The second-order valence-corrected chi connectivity index (χ2v) is 8.96. The minimum atomic E-state index is -2.79. The second-order valence-electron chi connectivity index (χ2n) is 5.75. The molecule has 1 aromatic heterocycles. The molecule has 3 N–H and O–H groups in total. The van der Waals surface area contributed by atoms with Gasteiger partial charge in [-0.3, -0.25) is 4.79 Å². The molecule has 3 aromatic rings. The molecule has 1 unspecified atom stereocenters. The predicted molar refractivity (Wildman–Crippen MR) is 109 cm³/mol. The molecular weight excluding hydrogens is 380 g/mol. The number of nitrogens with one attached hydrogen (secondary N) is 1. The normalized spacial score (nSPS) is 12.6. The van der Waals surface area contributed by atoms with E-state index in [0.29, 0.717) is 21.8 Å². The molecule has 0 radical (unpaired) electrons. The molecule has 1 heterocycles. The topological polar surface area (TPSA) is 108 Å². The summed E-state index contributed by atoms with van der Waals surface area (Å²) < 4.78 is 15.7.